The van der Waals surface area contributed by atoms with Crippen LogP contribution in [0.3, 0.4) is 0 Å². The number of nitrogens with zero attached hydrogens (tertiary/aromatic N) is 1. The van der Waals surface area contributed by atoms with E-state index in [1.165, 1.54) is 0 Å². The number of phenols is 1. The lowest BCUT2D eigenvalue weighted by Crippen LogP contribution is -2.43. The van der Waals surface area contributed by atoms with Crippen LogP contribution in [0.2, 0.25) is 0 Å². The number of hydrogen-bond acceptors (Lipinski definition) is 4. The molecule has 1 aromatic rings. The van der Waals surface area contributed by atoms with Crippen molar-refractivity contribution in [2.75, 3.05) is 26.7 Å². The molecular formula is C16H23BrN2O2. The molecule has 2 fully saturated rings. The third-order valence-electron chi connectivity index (χ3n) is 5.20. The number of hydrogen-bond donors (Lipinski definition) is 2. The lowest BCUT2D eigenvalue weighted by atomic mass is 9.85. The van der Waals surface area contributed by atoms with Crippen molar-refractivity contribution in [2.24, 2.45) is 11.8 Å². The molecule has 2 atom stereocenters. The fraction of sp³-hybridized carbons (Fsp3) is 0.625. The van der Waals surface area contributed by atoms with Crippen molar-refractivity contribution in [1.29, 1.82) is 0 Å². The summed E-state index contributed by atoms with van der Waals surface area (Å²) in [5, 5.41) is 13.4. The van der Waals surface area contributed by atoms with E-state index < -0.39 is 0 Å². The second-order valence-electron chi connectivity index (χ2n) is 6.69. The molecule has 0 radical (unpaired) electrons. The van der Waals surface area contributed by atoms with Crippen LogP contribution in [0, 0.1) is 11.8 Å². The summed E-state index contributed by atoms with van der Waals surface area (Å²) in [6.45, 7) is 8.96. The molecule has 0 aromatic heterocycles. The molecule has 2 aliphatic heterocycles. The zero-order valence-electron chi connectivity index (χ0n) is 12.8. The van der Waals surface area contributed by atoms with E-state index in [0.29, 0.717) is 10.2 Å². The largest absolute Gasteiger partial charge is 0.503 e. The maximum absolute atomic E-state index is 9.92. The molecule has 116 valence electrons. The Morgan fingerprint density at radius 3 is 2.86 bits per heavy atom. The normalized spacial score (nSPS) is 27.8. The number of phenolic OH excluding ortho intramolecular Hbond substituents is 1. The van der Waals surface area contributed by atoms with E-state index in [2.05, 4.69) is 40.0 Å². The first-order chi connectivity index (χ1) is 9.93. The maximum Gasteiger partial charge on any atom is 0.172 e. The summed E-state index contributed by atoms with van der Waals surface area (Å²) in [6, 6.07) is 3.92. The summed E-state index contributed by atoms with van der Waals surface area (Å²) in [6.07, 6.45) is 0. The first kappa shape index (κ1) is 15.1. The van der Waals surface area contributed by atoms with Crippen LogP contribution in [0.1, 0.15) is 19.4 Å². The predicted octanol–water partition coefficient (Wildman–Crippen LogP) is 2.59. The van der Waals surface area contributed by atoms with Gasteiger partial charge in [-0.05, 0) is 65.9 Å². The Morgan fingerprint density at radius 2 is 2.19 bits per heavy atom. The van der Waals surface area contributed by atoms with Crippen LogP contribution in [-0.2, 0) is 6.54 Å². The van der Waals surface area contributed by atoms with Crippen molar-refractivity contribution in [1.82, 2.24) is 10.2 Å². The van der Waals surface area contributed by atoms with Gasteiger partial charge in [0.25, 0.3) is 0 Å². The van der Waals surface area contributed by atoms with Crippen molar-refractivity contribution in [3.05, 3.63) is 22.2 Å². The summed E-state index contributed by atoms with van der Waals surface area (Å²) in [5.41, 5.74) is 1.36. The van der Waals surface area contributed by atoms with Crippen LogP contribution in [-0.4, -0.2) is 42.3 Å². The SMILES string of the molecule is COc1cc(CN2CC3CNCC3C2(C)C)cc(Br)c1O. The second kappa shape index (κ2) is 5.45. The minimum absolute atomic E-state index is 0.169. The molecule has 2 unspecified atom stereocenters. The number of nitrogens with one attached hydrogen (secondary N) is 1. The van der Waals surface area contributed by atoms with E-state index in [-0.39, 0.29) is 11.3 Å². The van der Waals surface area contributed by atoms with Crippen LogP contribution >= 0.6 is 15.9 Å². The van der Waals surface area contributed by atoms with Gasteiger partial charge in [0.15, 0.2) is 11.5 Å². The van der Waals surface area contributed by atoms with Gasteiger partial charge in [0, 0.05) is 25.2 Å². The van der Waals surface area contributed by atoms with Crippen LogP contribution in [0.25, 0.3) is 0 Å². The number of fused-ring (bicyclic) bond motifs is 1. The maximum atomic E-state index is 9.92. The highest BCUT2D eigenvalue weighted by Gasteiger charge is 2.49. The summed E-state index contributed by atoms with van der Waals surface area (Å²) >= 11 is 3.41. The zero-order chi connectivity index (χ0) is 15.2. The Morgan fingerprint density at radius 1 is 1.43 bits per heavy atom. The summed E-state index contributed by atoms with van der Waals surface area (Å²) in [4.78, 5) is 2.56. The second-order valence-corrected chi connectivity index (χ2v) is 7.54. The third-order valence-corrected chi connectivity index (χ3v) is 5.80. The minimum atomic E-state index is 0.169. The highest BCUT2D eigenvalue weighted by atomic mass is 79.9. The van der Waals surface area contributed by atoms with Gasteiger partial charge in [-0.3, -0.25) is 4.90 Å². The molecule has 0 amide bonds. The molecule has 2 N–H and O–H groups in total. The molecule has 2 aliphatic rings. The van der Waals surface area contributed by atoms with Gasteiger partial charge in [-0.25, -0.2) is 0 Å². The van der Waals surface area contributed by atoms with Crippen LogP contribution < -0.4 is 10.1 Å². The molecule has 0 aliphatic carbocycles. The average Bonchev–Trinajstić information content (AvgIpc) is 2.98. The molecular weight excluding hydrogens is 332 g/mol. The van der Waals surface area contributed by atoms with Gasteiger partial charge in [0.2, 0.25) is 0 Å². The third kappa shape index (κ3) is 2.56. The Labute approximate surface area is 134 Å². The molecule has 0 spiro atoms. The number of rotatable bonds is 3. The molecule has 2 heterocycles. The smallest absolute Gasteiger partial charge is 0.172 e. The average molecular weight is 355 g/mol. The monoisotopic (exact) mass is 354 g/mol. The molecule has 3 rings (SSSR count). The van der Waals surface area contributed by atoms with Gasteiger partial charge in [-0.2, -0.15) is 0 Å². The molecule has 1 aromatic carbocycles. The van der Waals surface area contributed by atoms with Gasteiger partial charge in [-0.15, -0.1) is 0 Å². The predicted molar refractivity (Wildman–Crippen MR) is 86.7 cm³/mol. The molecule has 4 nitrogen and oxygen atoms in total. The Hall–Kier alpha value is -0.780. The number of ether oxygens (including phenoxy) is 1. The number of halogens is 1. The van der Waals surface area contributed by atoms with Gasteiger partial charge < -0.3 is 15.2 Å². The highest BCUT2D eigenvalue weighted by Crippen LogP contribution is 2.42. The fourth-order valence-electron chi connectivity index (χ4n) is 3.87. The lowest BCUT2D eigenvalue weighted by molar-refractivity contribution is 0.132. The Bertz CT molecular complexity index is 547. The van der Waals surface area contributed by atoms with Gasteiger partial charge in [0.05, 0.1) is 11.6 Å². The number of methoxy groups -OCH3 is 1. The van der Waals surface area contributed by atoms with Crippen molar-refractivity contribution >= 4 is 15.9 Å². The van der Waals surface area contributed by atoms with Gasteiger partial charge in [0.1, 0.15) is 0 Å². The van der Waals surface area contributed by atoms with E-state index >= 15 is 0 Å². The summed E-state index contributed by atoms with van der Waals surface area (Å²) in [5.74, 6) is 2.17. The zero-order valence-corrected chi connectivity index (χ0v) is 14.4. The summed E-state index contributed by atoms with van der Waals surface area (Å²) in [7, 11) is 1.58. The summed E-state index contributed by atoms with van der Waals surface area (Å²) < 4.78 is 5.94. The molecule has 21 heavy (non-hydrogen) atoms. The van der Waals surface area contributed by atoms with Crippen LogP contribution in [0.15, 0.2) is 16.6 Å². The number of benzene rings is 1. The Kier molecular flexibility index (Phi) is 3.93. The van der Waals surface area contributed by atoms with E-state index in [1.807, 2.05) is 12.1 Å². The van der Waals surface area contributed by atoms with E-state index in [0.717, 1.165) is 43.6 Å². The van der Waals surface area contributed by atoms with Gasteiger partial charge in [-0.1, -0.05) is 0 Å². The standard InChI is InChI=1S/C16H23BrN2O2/c1-16(2)12-7-18-6-11(12)9-19(16)8-10-4-13(17)15(20)14(5-10)21-3/h4-5,11-12,18,20H,6-9H2,1-3H3. The minimum Gasteiger partial charge on any atom is -0.503 e. The molecule has 2 saturated heterocycles. The van der Waals surface area contributed by atoms with Crippen molar-refractivity contribution in [3.8, 4) is 11.5 Å². The molecule has 0 saturated carbocycles. The van der Waals surface area contributed by atoms with Gasteiger partial charge >= 0.3 is 0 Å². The first-order valence-corrected chi connectivity index (χ1v) is 8.24. The van der Waals surface area contributed by atoms with Crippen LogP contribution in [0.4, 0.5) is 0 Å². The van der Waals surface area contributed by atoms with Crippen molar-refractivity contribution in [3.63, 3.8) is 0 Å². The van der Waals surface area contributed by atoms with E-state index in [4.69, 9.17) is 4.74 Å². The Balaban J connectivity index is 1.83. The van der Waals surface area contributed by atoms with Crippen molar-refractivity contribution < 1.29 is 9.84 Å². The topological polar surface area (TPSA) is 44.7 Å². The quantitative estimate of drug-likeness (QED) is 0.875. The first-order valence-electron chi connectivity index (χ1n) is 7.44. The fourth-order valence-corrected chi connectivity index (χ4v) is 4.36. The molecule has 5 heteroatoms. The number of aromatic hydroxyl groups is 1. The van der Waals surface area contributed by atoms with Crippen molar-refractivity contribution in [2.45, 2.75) is 25.9 Å². The number of likely N-dealkylation sites (tertiary alicyclic amines) is 1. The van der Waals surface area contributed by atoms with E-state index in [1.54, 1.807) is 7.11 Å². The molecule has 0 bridgehead atoms. The van der Waals surface area contributed by atoms with Crippen LogP contribution in [0.5, 0.6) is 11.5 Å². The van der Waals surface area contributed by atoms with E-state index in [9.17, 15) is 5.11 Å². The lowest BCUT2D eigenvalue weighted by Gasteiger charge is -2.35. The highest BCUT2D eigenvalue weighted by molar-refractivity contribution is 9.10.